The molecule has 1 N–H and O–H groups in total. The van der Waals surface area contributed by atoms with E-state index in [1.54, 1.807) is 24.3 Å². The first-order valence-electron chi connectivity index (χ1n) is 4.47. The molecule has 4 nitrogen and oxygen atoms in total. The Morgan fingerprint density at radius 3 is 2.59 bits per heavy atom. The number of para-hydroxylation sites is 1. The van der Waals surface area contributed by atoms with Crippen LogP contribution < -0.4 is 11.2 Å². The predicted octanol–water partition coefficient (Wildman–Crippen LogP) is 1.92. The van der Waals surface area contributed by atoms with Gasteiger partial charge in [0.15, 0.2) is 5.15 Å². The maximum atomic E-state index is 13.4. The minimum Gasteiger partial charge on any atom is -0.295 e. The minimum atomic E-state index is -1.18. The number of aromatic amines is 1. The summed E-state index contributed by atoms with van der Waals surface area (Å²) >= 11 is 7.32. The molecule has 7 heteroatoms. The molecule has 2 aromatic rings. The number of halogens is 3. The van der Waals surface area contributed by atoms with Gasteiger partial charge >= 0.3 is 5.69 Å². The van der Waals surface area contributed by atoms with Crippen LogP contribution in [0.3, 0.4) is 0 Å². The van der Waals surface area contributed by atoms with Crippen LogP contribution in [-0.4, -0.2) is 9.55 Å². The number of nitrogens with one attached hydrogen (secondary N) is 1. The first-order chi connectivity index (χ1) is 8.02. The highest BCUT2D eigenvalue weighted by Gasteiger charge is 2.14. The molecule has 17 heavy (non-hydrogen) atoms. The maximum Gasteiger partial charge on any atom is 0.334 e. The van der Waals surface area contributed by atoms with E-state index >= 15 is 0 Å². The van der Waals surface area contributed by atoms with E-state index in [0.717, 1.165) is 0 Å². The van der Waals surface area contributed by atoms with Crippen molar-refractivity contribution in [2.24, 2.45) is 0 Å². The molecule has 0 aliphatic carbocycles. The Labute approximate surface area is 113 Å². The van der Waals surface area contributed by atoms with Gasteiger partial charge in [0.1, 0.15) is 0 Å². The Morgan fingerprint density at radius 1 is 1.29 bits per heavy atom. The molecular weight excluding hydrogens is 361 g/mol. The highest BCUT2D eigenvalue weighted by atomic mass is 127. The average molecular weight is 367 g/mol. The largest absolute Gasteiger partial charge is 0.334 e. The van der Waals surface area contributed by atoms with Crippen molar-refractivity contribution in [2.45, 2.75) is 0 Å². The van der Waals surface area contributed by atoms with Crippen molar-refractivity contribution in [3.8, 4) is 5.69 Å². The average Bonchev–Trinajstić information content (AvgIpc) is 2.29. The molecular formula is C10H5ClFIN2O2. The molecule has 0 spiro atoms. The van der Waals surface area contributed by atoms with Gasteiger partial charge in [0.05, 0.1) is 5.69 Å². The lowest BCUT2D eigenvalue weighted by atomic mass is 10.3. The Kier molecular flexibility index (Phi) is 3.34. The third kappa shape index (κ3) is 2.14. The fourth-order valence-electron chi connectivity index (χ4n) is 1.34. The predicted molar refractivity (Wildman–Crippen MR) is 70.3 cm³/mol. The van der Waals surface area contributed by atoms with Crippen LogP contribution in [0.1, 0.15) is 0 Å². The molecule has 2 rings (SSSR count). The third-order valence-electron chi connectivity index (χ3n) is 2.10. The fourth-order valence-corrected chi connectivity index (χ4v) is 2.13. The lowest BCUT2D eigenvalue weighted by Crippen LogP contribution is -2.36. The second-order valence-corrected chi connectivity index (χ2v) is 4.69. The second-order valence-electron chi connectivity index (χ2n) is 3.15. The summed E-state index contributed by atoms with van der Waals surface area (Å²) in [4.78, 5) is 25.3. The number of H-pyrrole nitrogens is 1. The van der Waals surface area contributed by atoms with Crippen LogP contribution in [0.5, 0.6) is 0 Å². The first kappa shape index (κ1) is 12.3. The van der Waals surface area contributed by atoms with Gasteiger partial charge in [-0.25, -0.2) is 9.36 Å². The van der Waals surface area contributed by atoms with Gasteiger partial charge in [0, 0.05) is 3.57 Å². The Bertz CT molecular complexity index is 695. The minimum absolute atomic E-state index is 0.315. The monoisotopic (exact) mass is 366 g/mol. The number of rotatable bonds is 1. The lowest BCUT2D eigenvalue weighted by Gasteiger charge is -2.06. The van der Waals surface area contributed by atoms with E-state index in [2.05, 4.69) is 4.98 Å². The normalized spacial score (nSPS) is 10.5. The van der Waals surface area contributed by atoms with Crippen molar-refractivity contribution in [3.05, 3.63) is 59.6 Å². The molecule has 0 radical (unpaired) electrons. The molecule has 0 atom stereocenters. The zero-order valence-electron chi connectivity index (χ0n) is 8.21. The summed E-state index contributed by atoms with van der Waals surface area (Å²) in [5.41, 5.74) is -1.52. The van der Waals surface area contributed by atoms with Gasteiger partial charge in [0.2, 0.25) is 5.82 Å². The smallest absolute Gasteiger partial charge is 0.295 e. The Hall–Kier alpha value is -1.15. The van der Waals surface area contributed by atoms with E-state index < -0.39 is 22.2 Å². The van der Waals surface area contributed by atoms with Crippen LogP contribution in [0.4, 0.5) is 4.39 Å². The number of hydrogen-bond acceptors (Lipinski definition) is 2. The van der Waals surface area contributed by atoms with E-state index in [4.69, 9.17) is 11.6 Å². The molecule has 0 aliphatic rings. The fraction of sp³-hybridized carbons (Fsp3) is 0. The van der Waals surface area contributed by atoms with Gasteiger partial charge < -0.3 is 0 Å². The summed E-state index contributed by atoms with van der Waals surface area (Å²) < 4.78 is 14.7. The van der Waals surface area contributed by atoms with Crippen molar-refractivity contribution in [3.63, 3.8) is 0 Å². The van der Waals surface area contributed by atoms with E-state index in [0.29, 0.717) is 13.8 Å². The zero-order chi connectivity index (χ0) is 12.6. The van der Waals surface area contributed by atoms with Crippen LogP contribution in [0.25, 0.3) is 5.69 Å². The molecule has 0 amide bonds. The van der Waals surface area contributed by atoms with Crippen LogP contribution in [0.15, 0.2) is 33.9 Å². The molecule has 0 aliphatic heterocycles. The van der Waals surface area contributed by atoms with Crippen LogP contribution in [0.2, 0.25) is 5.15 Å². The zero-order valence-corrected chi connectivity index (χ0v) is 11.1. The summed E-state index contributed by atoms with van der Waals surface area (Å²) in [5, 5.41) is -0.581. The summed E-state index contributed by atoms with van der Waals surface area (Å²) in [6.07, 6.45) is 0. The van der Waals surface area contributed by atoms with E-state index in [-0.39, 0.29) is 0 Å². The molecule has 88 valence electrons. The SMILES string of the molecule is O=c1[nH]c(Cl)c(F)c(=O)n1-c1ccccc1I. The number of nitrogens with zero attached hydrogens (tertiary/aromatic N) is 1. The topological polar surface area (TPSA) is 54.9 Å². The number of aromatic nitrogens is 2. The van der Waals surface area contributed by atoms with Crippen molar-refractivity contribution in [1.82, 2.24) is 9.55 Å². The first-order valence-corrected chi connectivity index (χ1v) is 5.93. The maximum absolute atomic E-state index is 13.4. The molecule has 0 bridgehead atoms. The lowest BCUT2D eigenvalue weighted by molar-refractivity contribution is 0.584. The van der Waals surface area contributed by atoms with Crippen molar-refractivity contribution >= 4 is 34.2 Å². The molecule has 0 saturated heterocycles. The third-order valence-corrected chi connectivity index (χ3v) is 3.27. The van der Waals surface area contributed by atoms with Gasteiger partial charge in [-0.2, -0.15) is 4.39 Å². The van der Waals surface area contributed by atoms with E-state index in [1.165, 1.54) is 0 Å². The molecule has 1 aromatic heterocycles. The van der Waals surface area contributed by atoms with E-state index in [9.17, 15) is 14.0 Å². The van der Waals surface area contributed by atoms with Gasteiger partial charge in [-0.05, 0) is 34.7 Å². The van der Waals surface area contributed by atoms with Crippen LogP contribution in [0, 0.1) is 9.39 Å². The summed E-state index contributed by atoms with van der Waals surface area (Å²) in [7, 11) is 0. The summed E-state index contributed by atoms with van der Waals surface area (Å²) in [6, 6.07) is 6.65. The molecule has 1 aromatic carbocycles. The van der Waals surface area contributed by atoms with E-state index in [1.807, 2.05) is 22.6 Å². The van der Waals surface area contributed by atoms with Crippen LogP contribution in [-0.2, 0) is 0 Å². The molecule has 0 saturated carbocycles. The van der Waals surface area contributed by atoms with Gasteiger partial charge in [-0.15, -0.1) is 0 Å². The second kappa shape index (κ2) is 4.61. The quantitative estimate of drug-likeness (QED) is 0.619. The summed E-state index contributed by atoms with van der Waals surface area (Å²) in [6.45, 7) is 0. The van der Waals surface area contributed by atoms with Crippen molar-refractivity contribution in [2.75, 3.05) is 0 Å². The summed E-state index contributed by atoms with van der Waals surface area (Å²) in [5.74, 6) is -1.18. The van der Waals surface area contributed by atoms with Crippen molar-refractivity contribution in [1.29, 1.82) is 0 Å². The van der Waals surface area contributed by atoms with Crippen molar-refractivity contribution < 1.29 is 4.39 Å². The molecule has 0 unspecified atom stereocenters. The molecule has 0 fully saturated rings. The number of hydrogen-bond donors (Lipinski definition) is 1. The van der Waals surface area contributed by atoms with Gasteiger partial charge in [0.25, 0.3) is 5.56 Å². The van der Waals surface area contributed by atoms with Gasteiger partial charge in [-0.1, -0.05) is 23.7 Å². The Balaban J connectivity index is 2.87. The highest BCUT2D eigenvalue weighted by molar-refractivity contribution is 14.1. The van der Waals surface area contributed by atoms with Crippen LogP contribution >= 0.6 is 34.2 Å². The highest BCUT2D eigenvalue weighted by Crippen LogP contribution is 2.14. The standard InChI is InChI=1S/C10H5ClFIN2O2/c11-8-7(12)9(16)15(10(17)14-8)6-4-2-1-3-5(6)13/h1-4H,(H,14,17). The molecule has 1 heterocycles. The van der Waals surface area contributed by atoms with Gasteiger partial charge in [-0.3, -0.25) is 9.78 Å². The number of benzene rings is 1. The Morgan fingerprint density at radius 2 is 1.94 bits per heavy atom.